The molecule has 1 aromatic carbocycles. The van der Waals surface area contributed by atoms with Crippen molar-refractivity contribution in [1.29, 1.82) is 0 Å². The van der Waals surface area contributed by atoms with Crippen molar-refractivity contribution < 1.29 is 27.5 Å². The molecule has 252 valence electrons. The number of hydrogen-bond acceptors (Lipinski definition) is 8. The molecule has 1 aliphatic carbocycles. The average molecular weight is 683 g/mol. The maximum atomic E-state index is 15.1. The Balaban J connectivity index is 1.25. The summed E-state index contributed by atoms with van der Waals surface area (Å²) in [6.45, 7) is 9.65. The molecule has 1 N–H and O–H groups in total. The molecule has 1 unspecified atom stereocenters. The van der Waals surface area contributed by atoms with Gasteiger partial charge >= 0.3 is 0 Å². The molecule has 1 aliphatic heterocycles. The smallest absolute Gasteiger partial charge is 0.276 e. The summed E-state index contributed by atoms with van der Waals surface area (Å²) < 4.78 is 50.2. The Morgan fingerprint density at radius 2 is 1.92 bits per heavy atom. The van der Waals surface area contributed by atoms with Crippen LogP contribution >= 0.6 is 11.6 Å². The fourth-order valence-corrected chi connectivity index (χ4v) is 6.00. The summed E-state index contributed by atoms with van der Waals surface area (Å²) in [5.41, 5.74) is -0.693. The Morgan fingerprint density at radius 1 is 1.15 bits per heavy atom. The van der Waals surface area contributed by atoms with E-state index in [0.717, 1.165) is 31.2 Å². The van der Waals surface area contributed by atoms with E-state index < -0.39 is 34.9 Å². The molecule has 48 heavy (non-hydrogen) atoms. The Labute approximate surface area is 279 Å². The van der Waals surface area contributed by atoms with E-state index in [4.69, 9.17) is 21.3 Å². The van der Waals surface area contributed by atoms with E-state index >= 15 is 4.39 Å². The van der Waals surface area contributed by atoms with Gasteiger partial charge in [-0.2, -0.15) is 5.10 Å². The van der Waals surface area contributed by atoms with Crippen LogP contribution in [-0.2, 0) is 16.1 Å². The number of halogens is 4. The zero-order valence-electron chi connectivity index (χ0n) is 27.0. The first-order chi connectivity index (χ1) is 22.7. The summed E-state index contributed by atoms with van der Waals surface area (Å²) in [6, 6.07) is 1.65. The summed E-state index contributed by atoms with van der Waals surface area (Å²) in [4.78, 5) is 45.9. The molecule has 0 bridgehead atoms. The van der Waals surface area contributed by atoms with Crippen LogP contribution in [0.2, 0.25) is 5.02 Å². The molecular formula is C33H34ClF3N8O3. The number of alkyl halides is 2. The summed E-state index contributed by atoms with van der Waals surface area (Å²) >= 11 is 5.92. The van der Waals surface area contributed by atoms with E-state index in [-0.39, 0.29) is 46.6 Å². The number of benzene rings is 1. The fraction of sp³-hybridized carbons (Fsp3) is 0.424. The van der Waals surface area contributed by atoms with Crippen LogP contribution < -0.4 is 10.2 Å². The van der Waals surface area contributed by atoms with Gasteiger partial charge in [-0.15, -0.1) is 0 Å². The predicted molar refractivity (Wildman–Crippen MR) is 171 cm³/mol. The second kappa shape index (κ2) is 12.9. The lowest BCUT2D eigenvalue weighted by atomic mass is 9.76. The first kappa shape index (κ1) is 33.5. The third-order valence-corrected chi connectivity index (χ3v) is 8.91. The zero-order valence-corrected chi connectivity index (χ0v) is 27.7. The van der Waals surface area contributed by atoms with E-state index in [9.17, 15) is 18.4 Å². The van der Waals surface area contributed by atoms with Gasteiger partial charge in [0.25, 0.3) is 12.3 Å². The lowest BCUT2D eigenvalue weighted by Gasteiger charge is -2.25. The number of aryl methyl sites for hydroxylation is 1. The molecule has 2 aliphatic rings. The van der Waals surface area contributed by atoms with Crippen molar-refractivity contribution in [3.8, 4) is 11.3 Å². The summed E-state index contributed by atoms with van der Waals surface area (Å²) in [6.07, 6.45) is 4.67. The number of amides is 2. The maximum absolute atomic E-state index is 15.1. The van der Waals surface area contributed by atoms with E-state index in [2.05, 4.69) is 25.4 Å². The van der Waals surface area contributed by atoms with Gasteiger partial charge in [-0.1, -0.05) is 17.7 Å². The number of rotatable bonds is 9. The number of nitrogens with zero attached hydrogens (tertiary/aromatic N) is 7. The molecule has 3 atom stereocenters. The van der Waals surface area contributed by atoms with Crippen LogP contribution in [0.1, 0.15) is 86.1 Å². The number of nitrogens with one attached hydrogen (secondary N) is 1. The molecule has 2 amide bonds. The number of carbonyl (C=O) groups excluding carboxylic acids is 2. The van der Waals surface area contributed by atoms with Crippen LogP contribution in [0.4, 0.5) is 24.7 Å². The molecule has 6 rings (SSSR count). The first-order valence-corrected chi connectivity index (χ1v) is 15.9. The Kier molecular flexibility index (Phi) is 8.98. The van der Waals surface area contributed by atoms with E-state index in [0.29, 0.717) is 35.4 Å². The highest BCUT2D eigenvalue weighted by Crippen LogP contribution is 2.43. The molecule has 4 heterocycles. The van der Waals surface area contributed by atoms with Crippen LogP contribution in [0.15, 0.2) is 36.9 Å². The number of aromatic nitrogens is 6. The fourth-order valence-electron chi connectivity index (χ4n) is 5.84. The molecule has 0 spiro atoms. The highest BCUT2D eigenvalue weighted by Gasteiger charge is 2.47. The molecule has 3 aromatic heterocycles. The highest BCUT2D eigenvalue weighted by molar-refractivity contribution is 6.31. The van der Waals surface area contributed by atoms with Crippen molar-refractivity contribution in [3.05, 3.63) is 76.1 Å². The van der Waals surface area contributed by atoms with E-state index in [1.54, 1.807) is 22.0 Å². The van der Waals surface area contributed by atoms with E-state index in [1.165, 1.54) is 6.20 Å². The van der Waals surface area contributed by atoms with Gasteiger partial charge in [0.05, 0.1) is 70.3 Å². The maximum Gasteiger partial charge on any atom is 0.276 e. The van der Waals surface area contributed by atoms with Gasteiger partial charge in [0, 0.05) is 29.8 Å². The van der Waals surface area contributed by atoms with Gasteiger partial charge < -0.3 is 10.1 Å². The molecule has 0 radical (unpaired) electrons. The molecule has 15 heteroatoms. The zero-order chi connectivity index (χ0) is 34.5. The lowest BCUT2D eigenvalue weighted by molar-refractivity contribution is -0.123. The van der Waals surface area contributed by atoms with Gasteiger partial charge in [0.2, 0.25) is 5.91 Å². The van der Waals surface area contributed by atoms with Crippen molar-refractivity contribution in [3.63, 3.8) is 0 Å². The van der Waals surface area contributed by atoms with Gasteiger partial charge in [-0.25, -0.2) is 23.1 Å². The highest BCUT2D eigenvalue weighted by atomic mass is 35.5. The van der Waals surface area contributed by atoms with Crippen LogP contribution in [0.25, 0.3) is 11.3 Å². The van der Waals surface area contributed by atoms with Crippen LogP contribution in [0, 0.1) is 24.6 Å². The summed E-state index contributed by atoms with van der Waals surface area (Å²) in [7, 11) is 0. The summed E-state index contributed by atoms with van der Waals surface area (Å²) in [5.74, 6) is -0.701. The molecule has 1 saturated heterocycles. The van der Waals surface area contributed by atoms with Crippen LogP contribution in [0.3, 0.4) is 0 Å². The number of carbonyl (C=O) groups is 2. The Hall–Kier alpha value is -4.43. The number of hydrogen-bond donors (Lipinski definition) is 1. The second-order valence-corrected chi connectivity index (χ2v) is 13.4. The lowest BCUT2D eigenvalue weighted by Crippen LogP contribution is -2.29. The minimum absolute atomic E-state index is 0.0890. The number of ether oxygens (including phenoxy) is 1. The topological polar surface area (TPSA) is 128 Å². The normalized spacial score (nSPS) is 18.2. The standard InChI is InChI=1S/C33H34ClF3N8O3/c1-16-30(44-13-18-6-7-20(18)32(44)47)39-11-23(41-16)17(2)45-14-19(10-40-45)42-31(46)28-25(15-48-33(3,4)5)38-12-24(43-28)26-21(29(36)37)8-9-22(34)27(26)35/h8-12,14,17-18,20,29H,6-7,13,15H2,1-5H3,(H,42,46)/t17?,18-,20-/m1/s1. The first-order valence-electron chi connectivity index (χ1n) is 15.5. The van der Waals surface area contributed by atoms with Gasteiger partial charge in [-0.05, 0) is 59.4 Å². The SMILES string of the molecule is Cc1nc(C(C)n2cc(NC(=O)c3nc(-c4c(C(F)F)ccc(Cl)c4F)cnc3COC(C)(C)C)cn2)cnc1N1C[C@H]2CC[C@H]2C1=O. The van der Waals surface area contributed by atoms with Gasteiger partial charge in [0.1, 0.15) is 0 Å². The molecular weight excluding hydrogens is 649 g/mol. The molecule has 1 saturated carbocycles. The van der Waals surface area contributed by atoms with Crippen molar-refractivity contribution in [2.45, 2.75) is 72.1 Å². The third-order valence-electron chi connectivity index (χ3n) is 8.62. The van der Waals surface area contributed by atoms with Gasteiger partial charge in [0.15, 0.2) is 17.3 Å². The quantitative estimate of drug-likeness (QED) is 0.206. The van der Waals surface area contributed by atoms with Crippen molar-refractivity contribution in [1.82, 2.24) is 29.7 Å². The Bertz CT molecular complexity index is 1900. The Morgan fingerprint density at radius 3 is 2.54 bits per heavy atom. The van der Waals surface area contributed by atoms with Crippen molar-refractivity contribution >= 4 is 34.9 Å². The molecule has 11 nitrogen and oxygen atoms in total. The minimum atomic E-state index is -3.04. The van der Waals surface area contributed by atoms with E-state index in [1.807, 2.05) is 34.6 Å². The number of fused-ring (bicyclic) bond motifs is 1. The molecule has 2 fully saturated rings. The van der Waals surface area contributed by atoms with Crippen molar-refractivity contribution in [2.75, 3.05) is 16.8 Å². The predicted octanol–water partition coefficient (Wildman–Crippen LogP) is 6.72. The summed E-state index contributed by atoms with van der Waals surface area (Å²) in [5, 5.41) is 6.71. The average Bonchev–Trinajstić information content (AvgIpc) is 3.57. The second-order valence-electron chi connectivity index (χ2n) is 13.0. The largest absolute Gasteiger partial charge is 0.369 e. The van der Waals surface area contributed by atoms with Crippen LogP contribution in [-0.4, -0.2) is 53.7 Å². The monoisotopic (exact) mass is 682 g/mol. The van der Waals surface area contributed by atoms with Gasteiger partial charge in [-0.3, -0.25) is 29.1 Å². The van der Waals surface area contributed by atoms with Crippen molar-refractivity contribution in [2.24, 2.45) is 11.8 Å². The minimum Gasteiger partial charge on any atom is -0.369 e. The number of anilines is 2. The van der Waals surface area contributed by atoms with Crippen LogP contribution in [0.5, 0.6) is 0 Å². The third kappa shape index (κ3) is 6.50. The molecule has 4 aromatic rings.